The van der Waals surface area contributed by atoms with Crippen LogP contribution in [0.4, 0.5) is 10.5 Å². The highest BCUT2D eigenvalue weighted by Gasteiger charge is 2.53. The topological polar surface area (TPSA) is 246 Å². The summed E-state index contributed by atoms with van der Waals surface area (Å²) in [7, 11) is 4.51. The van der Waals surface area contributed by atoms with Gasteiger partial charge in [0.2, 0.25) is 5.79 Å². The molecular weight excluding hydrogens is 1020 g/mol. The fourth-order valence-electron chi connectivity index (χ4n) is 11.7. The Bertz CT molecular complexity index is 2330. The van der Waals surface area contributed by atoms with E-state index in [4.69, 9.17) is 37.9 Å². The number of cyclic esters (lactones) is 1. The maximum absolute atomic E-state index is 14.8. The second-order valence-corrected chi connectivity index (χ2v) is 22.4. The fourth-order valence-corrected chi connectivity index (χ4v) is 11.7. The zero-order valence-electron chi connectivity index (χ0n) is 48.2. The van der Waals surface area contributed by atoms with Gasteiger partial charge in [-0.15, -0.1) is 0 Å². The van der Waals surface area contributed by atoms with Gasteiger partial charge in [0, 0.05) is 77.2 Å². The van der Waals surface area contributed by atoms with Crippen molar-refractivity contribution in [2.45, 2.75) is 193 Å². The molecule has 0 aromatic heterocycles. The number of amides is 1. The number of rotatable bonds is 11. The largest absolute Gasteiger partial charge is 0.514 e. The van der Waals surface area contributed by atoms with E-state index in [1.165, 1.54) is 43.4 Å². The molecule has 0 spiro atoms. The third-order valence-corrected chi connectivity index (χ3v) is 16.5. The smallest absolute Gasteiger partial charge is 0.460 e. The molecule has 4 aliphatic rings. The predicted molar refractivity (Wildman–Crippen MR) is 294 cm³/mol. The van der Waals surface area contributed by atoms with Crippen molar-refractivity contribution in [2.75, 3.05) is 34.5 Å². The summed E-state index contributed by atoms with van der Waals surface area (Å²) in [4.78, 5) is 82.4. The molecule has 19 heteroatoms. The van der Waals surface area contributed by atoms with Gasteiger partial charge in [-0.1, -0.05) is 71.1 Å². The molecule has 79 heavy (non-hydrogen) atoms. The van der Waals surface area contributed by atoms with E-state index in [0.717, 1.165) is 5.57 Å². The lowest BCUT2D eigenvalue weighted by atomic mass is 9.78. The minimum atomic E-state index is -2.45. The first-order valence-corrected chi connectivity index (χ1v) is 28.3. The van der Waals surface area contributed by atoms with Crippen molar-refractivity contribution >= 4 is 35.3 Å². The van der Waals surface area contributed by atoms with E-state index in [9.17, 15) is 44.3 Å². The van der Waals surface area contributed by atoms with Gasteiger partial charge in [0.1, 0.15) is 36.2 Å². The van der Waals surface area contributed by atoms with Crippen LogP contribution in [-0.4, -0.2) is 145 Å². The minimum Gasteiger partial charge on any atom is -0.460 e. The molecule has 3 aliphatic heterocycles. The SMILES string of the molecule is CCO[C@@H]1C[C@@H]([C@H](C)C[C@@H]2CC[C@@H](OC(=O)Oc3ccc([N+](=O)[O-])cc3)[C@H](OC)C2)OC(=O)[C@@H]2CCCCN2C(=O)C(=O)[C@]2(O)O[C@@H](CC[C@H]2C)C[C@H](OC)/C(C)=C/C=C/C=C/[C@@H](C)C[C@@H](C)C(=O)[C@H](OC)[C@H](O)/C(C)=C/[C@H]1C. The molecule has 2 saturated heterocycles. The number of nitrogens with zero attached hydrogens (tertiary/aromatic N) is 2. The van der Waals surface area contributed by atoms with E-state index in [-0.39, 0.29) is 60.3 Å². The second-order valence-electron chi connectivity index (χ2n) is 22.4. The highest BCUT2D eigenvalue weighted by molar-refractivity contribution is 6.39. The number of nitro groups is 1. The fraction of sp³-hybridized carbons (Fsp3) is 0.683. The number of carbonyl (C=O) groups is 5. The second kappa shape index (κ2) is 30.6. The number of esters is 1. The lowest BCUT2D eigenvalue weighted by Gasteiger charge is -2.43. The number of fused-ring (bicyclic) bond motifs is 3. The molecule has 1 saturated carbocycles. The summed E-state index contributed by atoms with van der Waals surface area (Å²) in [6, 6.07) is 3.91. The molecule has 0 unspecified atom stereocenters. The number of ketones is 2. The highest BCUT2D eigenvalue weighted by atomic mass is 16.7. The summed E-state index contributed by atoms with van der Waals surface area (Å²) in [5.41, 5.74) is 1.21. The number of aliphatic hydroxyl groups excluding tert-OH is 1. The summed E-state index contributed by atoms with van der Waals surface area (Å²) in [5.74, 6) is -7.34. The van der Waals surface area contributed by atoms with Crippen LogP contribution in [0.1, 0.15) is 132 Å². The van der Waals surface area contributed by atoms with E-state index in [1.807, 2.05) is 78.0 Å². The molecule has 19 nitrogen and oxygen atoms in total. The Kier molecular flexibility index (Phi) is 25.1. The Morgan fingerprint density at radius 3 is 2.24 bits per heavy atom. The van der Waals surface area contributed by atoms with Crippen molar-refractivity contribution < 1.29 is 77.0 Å². The van der Waals surface area contributed by atoms with Crippen LogP contribution in [0.2, 0.25) is 0 Å². The molecule has 0 radical (unpaired) electrons. The molecule has 1 aromatic rings. The van der Waals surface area contributed by atoms with Crippen LogP contribution in [0.5, 0.6) is 5.75 Å². The van der Waals surface area contributed by atoms with Crippen LogP contribution in [-0.2, 0) is 52.3 Å². The quantitative estimate of drug-likeness (QED) is 0.0523. The first-order chi connectivity index (χ1) is 37.5. The average Bonchev–Trinajstić information content (AvgIpc) is 3.47. The van der Waals surface area contributed by atoms with E-state index in [0.29, 0.717) is 76.4 Å². The number of methoxy groups -OCH3 is 3. The van der Waals surface area contributed by atoms with Crippen LogP contribution in [0, 0.1) is 45.6 Å². The Morgan fingerprint density at radius 2 is 1.58 bits per heavy atom. The van der Waals surface area contributed by atoms with Crippen LogP contribution >= 0.6 is 0 Å². The van der Waals surface area contributed by atoms with Gasteiger partial charge >= 0.3 is 12.1 Å². The average molecular weight is 1110 g/mol. The zero-order chi connectivity index (χ0) is 58.1. The third kappa shape index (κ3) is 17.7. The maximum atomic E-state index is 14.8. The van der Waals surface area contributed by atoms with Crippen molar-refractivity contribution in [3.63, 3.8) is 0 Å². The molecular formula is C60H88N2O17. The van der Waals surface area contributed by atoms with Crippen molar-refractivity contribution in [1.29, 1.82) is 0 Å². The number of piperidine rings is 1. The van der Waals surface area contributed by atoms with Gasteiger partial charge < -0.3 is 53.0 Å². The number of hydrogen-bond acceptors (Lipinski definition) is 17. The van der Waals surface area contributed by atoms with Gasteiger partial charge in [-0.05, 0) is 126 Å². The van der Waals surface area contributed by atoms with Gasteiger partial charge in [0.15, 0.2) is 5.78 Å². The van der Waals surface area contributed by atoms with Gasteiger partial charge in [-0.2, -0.15) is 0 Å². The van der Waals surface area contributed by atoms with E-state index in [1.54, 1.807) is 21.0 Å². The van der Waals surface area contributed by atoms with Crippen LogP contribution in [0.15, 0.2) is 71.9 Å². The van der Waals surface area contributed by atoms with E-state index < -0.39 is 101 Å². The first-order valence-electron chi connectivity index (χ1n) is 28.3. The molecule has 440 valence electrons. The number of Topliss-reactive ketones (excluding diaryl/α,β-unsaturated/α-hetero) is 2. The number of benzene rings is 1. The summed E-state index contributed by atoms with van der Waals surface area (Å²) >= 11 is 0. The van der Waals surface area contributed by atoms with Crippen LogP contribution < -0.4 is 4.74 Å². The summed E-state index contributed by atoms with van der Waals surface area (Å²) in [6.07, 6.45) is 9.70. The standard InChI is InChI=1S/C60H88N2O17/c1-12-75-50-35-51(39(5)32-43-22-28-48(52(33-43)73-10)78-59(68)76-45-26-23-44(24-27-45)62(70)71)77-58(67)47-20-16-17-29-61(47)57(66)56(65)60(69)42(8)21-25-46(79-60)34-49(72-9)37(3)19-15-13-14-18-36(2)30-40(6)53(63)55(74-11)54(64)41(7)31-38(50)4/h13-15,18-19,23-24,26-27,31,36,38-40,42-43,46-52,54-55,64,69H,12,16-17,20-22,25,28-30,32-35H2,1-11H3/b15-13+,18-14+,37-19+,41-31+/t36-,38-,39-,40-,42-,43+,46+,47+,48-,49+,50-,51+,52-,54-,55+,60-/m1/s1. The van der Waals surface area contributed by atoms with Gasteiger partial charge in [0.05, 0.1) is 29.3 Å². The predicted octanol–water partition coefficient (Wildman–Crippen LogP) is 9.15. The Morgan fingerprint density at radius 1 is 0.861 bits per heavy atom. The van der Waals surface area contributed by atoms with Gasteiger partial charge in [-0.3, -0.25) is 24.5 Å². The lowest BCUT2D eigenvalue weighted by molar-refractivity contribution is -0.384. The van der Waals surface area contributed by atoms with Crippen LogP contribution in [0.3, 0.4) is 0 Å². The Labute approximate surface area is 466 Å². The molecule has 2 bridgehead atoms. The van der Waals surface area contributed by atoms with E-state index >= 15 is 0 Å². The van der Waals surface area contributed by atoms with Crippen molar-refractivity contribution in [3.8, 4) is 5.75 Å². The number of hydrogen-bond donors (Lipinski definition) is 2. The molecule has 1 amide bonds. The molecule has 1 aliphatic carbocycles. The Hall–Kier alpha value is -5.15. The number of carbonyl (C=O) groups excluding carboxylic acids is 5. The molecule has 1 aromatic carbocycles. The minimum absolute atomic E-state index is 0.00680. The first kappa shape index (κ1) is 64.7. The van der Waals surface area contributed by atoms with Crippen molar-refractivity contribution in [2.24, 2.45) is 35.5 Å². The number of nitro benzene ring substituents is 1. The third-order valence-electron chi connectivity index (χ3n) is 16.5. The van der Waals surface area contributed by atoms with Gasteiger partial charge in [-0.25, -0.2) is 9.59 Å². The summed E-state index contributed by atoms with van der Waals surface area (Å²) in [6.45, 7) is 15.3. The molecule has 2 N–H and O–H groups in total. The molecule has 16 atom stereocenters. The van der Waals surface area contributed by atoms with Crippen molar-refractivity contribution in [3.05, 3.63) is 82.0 Å². The van der Waals surface area contributed by atoms with Crippen molar-refractivity contribution in [1.82, 2.24) is 4.90 Å². The highest BCUT2D eigenvalue weighted by Crippen LogP contribution is 2.39. The maximum Gasteiger partial charge on any atom is 0.514 e. The number of non-ortho nitro benzene ring substituents is 1. The summed E-state index contributed by atoms with van der Waals surface area (Å²) in [5, 5.41) is 34.9. The molecule has 5 rings (SSSR count). The van der Waals surface area contributed by atoms with Crippen LogP contribution in [0.25, 0.3) is 0 Å². The van der Waals surface area contributed by atoms with Gasteiger partial charge in [0.25, 0.3) is 17.4 Å². The van der Waals surface area contributed by atoms with E-state index in [2.05, 4.69) is 0 Å². The molecule has 3 fully saturated rings. The zero-order valence-corrected chi connectivity index (χ0v) is 48.2. The normalized spacial score (nSPS) is 36.0. The summed E-state index contributed by atoms with van der Waals surface area (Å²) < 4.78 is 47.6. The monoisotopic (exact) mass is 1110 g/mol. The lowest BCUT2D eigenvalue weighted by Crippen LogP contribution is -2.61. The number of ether oxygens (including phenoxy) is 8. The number of allylic oxidation sites excluding steroid dienone is 5. The number of aliphatic hydroxyl groups is 2. The molecule has 3 heterocycles. The Balaban J connectivity index is 1.45.